The number of fused-ring (bicyclic) bond motifs is 1. The molecule has 2 N–H and O–H groups in total. The Morgan fingerprint density at radius 2 is 2.05 bits per heavy atom. The second-order valence-electron chi connectivity index (χ2n) is 5.43. The van der Waals surface area contributed by atoms with Crippen molar-refractivity contribution >= 4 is 28.6 Å². The zero-order chi connectivity index (χ0) is 13.9. The van der Waals surface area contributed by atoms with Gasteiger partial charge in [-0.05, 0) is 44.1 Å². The molecule has 4 heteroatoms. The first-order valence-corrected chi connectivity index (χ1v) is 8.46. The molecule has 0 bridgehead atoms. The Morgan fingerprint density at radius 1 is 1.25 bits per heavy atom. The summed E-state index contributed by atoms with van der Waals surface area (Å²) in [6, 6.07) is 8.18. The molecule has 1 amide bonds. The molecule has 20 heavy (non-hydrogen) atoms. The van der Waals surface area contributed by atoms with Gasteiger partial charge < -0.3 is 10.3 Å². The minimum Gasteiger partial charge on any atom is -0.361 e. The summed E-state index contributed by atoms with van der Waals surface area (Å²) in [4.78, 5) is 15.6. The van der Waals surface area contributed by atoms with E-state index in [1.807, 2.05) is 42.2 Å². The first-order valence-electron chi connectivity index (χ1n) is 7.17. The zero-order valence-corrected chi connectivity index (χ0v) is 12.5. The molecule has 106 valence electrons. The lowest BCUT2D eigenvalue weighted by Gasteiger charge is -2.28. The lowest BCUT2D eigenvalue weighted by atomic mass is 9.94. The molecule has 1 aliphatic rings. The summed E-state index contributed by atoms with van der Waals surface area (Å²) in [6.45, 7) is 0. The van der Waals surface area contributed by atoms with E-state index in [9.17, 15) is 4.79 Å². The van der Waals surface area contributed by atoms with Gasteiger partial charge in [0.1, 0.15) is 0 Å². The maximum Gasteiger partial charge on any atom is 0.253 e. The highest BCUT2D eigenvalue weighted by atomic mass is 32.2. The van der Waals surface area contributed by atoms with Gasteiger partial charge in [-0.3, -0.25) is 4.79 Å². The summed E-state index contributed by atoms with van der Waals surface area (Å²) in [5.74, 6) is 0.0469. The molecule has 0 unspecified atom stereocenters. The van der Waals surface area contributed by atoms with Crippen LogP contribution in [0.5, 0.6) is 0 Å². The lowest BCUT2D eigenvalue weighted by molar-refractivity contribution is 0.0929. The first kappa shape index (κ1) is 13.6. The Balaban J connectivity index is 1.69. The van der Waals surface area contributed by atoms with Crippen molar-refractivity contribution in [1.82, 2.24) is 10.3 Å². The van der Waals surface area contributed by atoms with Crippen LogP contribution in [-0.4, -0.2) is 28.4 Å². The van der Waals surface area contributed by atoms with Crippen LogP contribution in [0.15, 0.2) is 30.5 Å². The van der Waals surface area contributed by atoms with Crippen LogP contribution < -0.4 is 5.32 Å². The van der Waals surface area contributed by atoms with Crippen molar-refractivity contribution in [1.29, 1.82) is 0 Å². The molecule has 0 spiro atoms. The maximum absolute atomic E-state index is 12.4. The maximum atomic E-state index is 12.4. The predicted octanol–water partition coefficient (Wildman–Crippen LogP) is 3.57. The zero-order valence-electron chi connectivity index (χ0n) is 11.7. The van der Waals surface area contributed by atoms with E-state index < -0.39 is 0 Å². The number of thioether (sulfide) groups is 1. The van der Waals surface area contributed by atoms with Crippen molar-refractivity contribution in [2.45, 2.75) is 37.0 Å². The third-order valence-electron chi connectivity index (χ3n) is 4.17. The minimum absolute atomic E-state index is 0.0469. The Kier molecular flexibility index (Phi) is 4.01. The Hall–Kier alpha value is -1.42. The minimum atomic E-state index is 0.0469. The van der Waals surface area contributed by atoms with Crippen LogP contribution in [0.4, 0.5) is 0 Å². The van der Waals surface area contributed by atoms with E-state index in [-0.39, 0.29) is 5.91 Å². The highest BCUT2D eigenvalue weighted by molar-refractivity contribution is 7.99. The van der Waals surface area contributed by atoms with Crippen LogP contribution in [0.3, 0.4) is 0 Å². The molecule has 1 heterocycles. The summed E-state index contributed by atoms with van der Waals surface area (Å²) in [5, 5.41) is 5.05. The quantitative estimate of drug-likeness (QED) is 0.907. The molecule has 0 saturated heterocycles. The van der Waals surface area contributed by atoms with Gasteiger partial charge in [-0.2, -0.15) is 11.8 Å². The second-order valence-corrected chi connectivity index (χ2v) is 6.57. The largest absolute Gasteiger partial charge is 0.361 e. The number of H-pyrrole nitrogens is 1. The van der Waals surface area contributed by atoms with Crippen LogP contribution in [-0.2, 0) is 0 Å². The molecular weight excluding hydrogens is 268 g/mol. The van der Waals surface area contributed by atoms with Crippen molar-refractivity contribution in [2.75, 3.05) is 6.26 Å². The van der Waals surface area contributed by atoms with E-state index in [1.165, 1.54) is 12.8 Å². The second kappa shape index (κ2) is 5.92. The van der Waals surface area contributed by atoms with Gasteiger partial charge in [0.25, 0.3) is 5.91 Å². The number of rotatable bonds is 3. The highest BCUT2D eigenvalue weighted by Crippen LogP contribution is 2.27. The molecule has 3 rings (SSSR count). The van der Waals surface area contributed by atoms with Gasteiger partial charge in [-0.15, -0.1) is 0 Å². The lowest BCUT2D eigenvalue weighted by Crippen LogP contribution is -2.38. The number of benzene rings is 1. The fraction of sp³-hybridized carbons (Fsp3) is 0.438. The Labute approximate surface area is 123 Å². The Bertz CT molecular complexity index is 599. The summed E-state index contributed by atoms with van der Waals surface area (Å²) < 4.78 is 0. The highest BCUT2D eigenvalue weighted by Gasteiger charge is 2.22. The molecule has 3 nitrogen and oxygen atoms in total. The van der Waals surface area contributed by atoms with Crippen molar-refractivity contribution in [3.63, 3.8) is 0 Å². The number of amides is 1. The topological polar surface area (TPSA) is 44.9 Å². The number of hydrogen-bond acceptors (Lipinski definition) is 2. The summed E-state index contributed by atoms with van der Waals surface area (Å²) in [6.07, 6.45) is 8.66. The molecule has 1 aliphatic carbocycles. The fourth-order valence-corrected chi connectivity index (χ4v) is 3.72. The predicted molar refractivity (Wildman–Crippen MR) is 85.3 cm³/mol. The van der Waals surface area contributed by atoms with E-state index in [1.54, 1.807) is 0 Å². The van der Waals surface area contributed by atoms with Crippen molar-refractivity contribution < 1.29 is 4.79 Å². The van der Waals surface area contributed by atoms with Crippen molar-refractivity contribution in [2.24, 2.45) is 0 Å². The van der Waals surface area contributed by atoms with Gasteiger partial charge in [0.05, 0.1) is 11.1 Å². The third kappa shape index (κ3) is 2.70. The number of aromatic amines is 1. The molecule has 0 aliphatic heterocycles. The van der Waals surface area contributed by atoms with Crippen molar-refractivity contribution in [3.8, 4) is 0 Å². The van der Waals surface area contributed by atoms with E-state index in [4.69, 9.17) is 0 Å². The summed E-state index contributed by atoms with van der Waals surface area (Å²) in [7, 11) is 0. The van der Waals surface area contributed by atoms with Gasteiger partial charge in [0, 0.05) is 22.9 Å². The van der Waals surface area contributed by atoms with Crippen LogP contribution in [0, 0.1) is 0 Å². The molecule has 0 radical (unpaired) electrons. The van der Waals surface area contributed by atoms with E-state index in [2.05, 4.69) is 16.6 Å². The monoisotopic (exact) mass is 288 g/mol. The van der Waals surface area contributed by atoms with Crippen molar-refractivity contribution in [3.05, 3.63) is 36.0 Å². The molecule has 1 aromatic carbocycles. The van der Waals surface area contributed by atoms with E-state index in [0.717, 1.165) is 34.6 Å². The SMILES string of the molecule is CSC1CCC(NC(=O)c2cccc3cc[nH]c23)CC1. The molecule has 1 aromatic heterocycles. The standard InChI is InChI=1S/C16H20N2OS/c1-20-13-7-5-12(6-8-13)18-16(19)14-4-2-3-11-9-10-17-15(11)14/h2-4,9-10,12-13,17H,5-8H2,1H3,(H,18,19). The van der Waals surface area contributed by atoms with Crippen LogP contribution in [0.2, 0.25) is 0 Å². The third-order valence-corrected chi connectivity index (χ3v) is 5.31. The van der Waals surface area contributed by atoms with Crippen LogP contribution in [0.1, 0.15) is 36.0 Å². The first-order chi connectivity index (χ1) is 9.78. The van der Waals surface area contributed by atoms with E-state index >= 15 is 0 Å². The smallest absolute Gasteiger partial charge is 0.253 e. The van der Waals surface area contributed by atoms with E-state index in [0.29, 0.717) is 6.04 Å². The molecule has 1 saturated carbocycles. The molecule has 0 atom stereocenters. The van der Waals surface area contributed by atoms with Gasteiger partial charge in [-0.25, -0.2) is 0 Å². The molecular formula is C16H20N2OS. The van der Waals surface area contributed by atoms with Crippen LogP contribution in [0.25, 0.3) is 10.9 Å². The number of para-hydroxylation sites is 1. The molecule has 1 fully saturated rings. The van der Waals surface area contributed by atoms with Gasteiger partial charge in [0.2, 0.25) is 0 Å². The summed E-state index contributed by atoms with van der Waals surface area (Å²) in [5.41, 5.74) is 1.68. The Morgan fingerprint density at radius 3 is 2.80 bits per heavy atom. The number of carbonyl (C=O) groups is 1. The van der Waals surface area contributed by atoms with Gasteiger partial charge >= 0.3 is 0 Å². The number of carbonyl (C=O) groups excluding carboxylic acids is 1. The average molecular weight is 288 g/mol. The fourth-order valence-electron chi connectivity index (χ4n) is 2.98. The summed E-state index contributed by atoms with van der Waals surface area (Å²) >= 11 is 1.95. The van der Waals surface area contributed by atoms with Gasteiger partial charge in [0.15, 0.2) is 0 Å². The normalized spacial score (nSPS) is 22.9. The van der Waals surface area contributed by atoms with Gasteiger partial charge in [-0.1, -0.05) is 12.1 Å². The number of nitrogens with one attached hydrogen (secondary N) is 2. The number of hydrogen-bond donors (Lipinski definition) is 2. The van der Waals surface area contributed by atoms with Crippen LogP contribution >= 0.6 is 11.8 Å². The number of aromatic nitrogens is 1. The molecule has 2 aromatic rings. The average Bonchev–Trinajstić information content (AvgIpc) is 2.96.